The van der Waals surface area contributed by atoms with Crippen LogP contribution in [-0.4, -0.2) is 10.7 Å². The summed E-state index contributed by atoms with van der Waals surface area (Å²) < 4.78 is 0. The molecule has 2 atom stereocenters. The summed E-state index contributed by atoms with van der Waals surface area (Å²) >= 11 is 0. The third kappa shape index (κ3) is 2.19. The zero-order chi connectivity index (χ0) is 7.49. The van der Waals surface area contributed by atoms with Crippen molar-refractivity contribution in [2.24, 2.45) is 5.92 Å². The fourth-order valence-electron chi connectivity index (χ4n) is 0.576. The van der Waals surface area contributed by atoms with Gasteiger partial charge in [0, 0.05) is 5.92 Å². The third-order valence-corrected chi connectivity index (χ3v) is 2.05. The summed E-state index contributed by atoms with van der Waals surface area (Å²) in [6, 6.07) is 0. The Morgan fingerprint density at radius 2 is 2.22 bits per heavy atom. The maximum atomic E-state index is 9.52. The molecule has 0 aromatic carbocycles. The van der Waals surface area contributed by atoms with Crippen molar-refractivity contribution in [2.75, 3.05) is 0 Å². The van der Waals surface area contributed by atoms with Crippen LogP contribution in [0.15, 0.2) is 12.7 Å². The maximum Gasteiger partial charge on any atom is 0.0676 e. The Kier molecular flexibility index (Phi) is 2.92. The molecule has 0 aromatic heterocycles. The van der Waals surface area contributed by atoms with Gasteiger partial charge in [-0.25, -0.2) is 0 Å². The minimum absolute atomic E-state index is 0.183. The first-order valence-corrected chi connectivity index (χ1v) is 3.39. The molecule has 0 aliphatic carbocycles. The highest BCUT2D eigenvalue weighted by atomic mass is 16.3. The quantitative estimate of drug-likeness (QED) is 0.576. The summed E-state index contributed by atoms with van der Waals surface area (Å²) in [6.07, 6.45) is 2.56. The van der Waals surface area contributed by atoms with Gasteiger partial charge in [0.25, 0.3) is 0 Å². The normalized spacial score (nSPS) is 20.4. The largest absolute Gasteiger partial charge is 0.390 e. The average Bonchev–Trinajstić information content (AvgIpc) is 1.86. The lowest BCUT2D eigenvalue weighted by Crippen LogP contribution is -2.30. The summed E-state index contributed by atoms with van der Waals surface area (Å²) in [5.41, 5.74) is -0.568. The second-order valence-electron chi connectivity index (χ2n) is 2.74. The zero-order valence-electron chi connectivity index (χ0n) is 6.52. The van der Waals surface area contributed by atoms with Crippen LogP contribution in [0.4, 0.5) is 0 Å². The average molecular weight is 128 g/mol. The van der Waals surface area contributed by atoms with E-state index < -0.39 is 5.60 Å². The predicted molar refractivity (Wildman–Crippen MR) is 40.3 cm³/mol. The minimum Gasteiger partial charge on any atom is -0.390 e. The van der Waals surface area contributed by atoms with E-state index in [0.29, 0.717) is 0 Å². The van der Waals surface area contributed by atoms with Crippen molar-refractivity contribution in [2.45, 2.75) is 32.8 Å². The first-order valence-electron chi connectivity index (χ1n) is 3.39. The molecule has 0 heterocycles. The molecule has 0 aliphatic heterocycles. The van der Waals surface area contributed by atoms with Gasteiger partial charge in [-0.3, -0.25) is 0 Å². The van der Waals surface area contributed by atoms with Gasteiger partial charge < -0.3 is 5.11 Å². The van der Waals surface area contributed by atoms with E-state index in [1.54, 1.807) is 6.08 Å². The van der Waals surface area contributed by atoms with Crippen molar-refractivity contribution in [3.05, 3.63) is 12.7 Å². The lowest BCUT2D eigenvalue weighted by atomic mass is 9.89. The molecule has 54 valence electrons. The molecule has 0 spiro atoms. The highest BCUT2D eigenvalue weighted by Crippen LogP contribution is 2.20. The predicted octanol–water partition coefficient (Wildman–Crippen LogP) is 1.97. The SMILES string of the molecule is C=C[C@@H](C)[C@@](C)(O)CC. The third-order valence-electron chi connectivity index (χ3n) is 2.05. The zero-order valence-corrected chi connectivity index (χ0v) is 6.52. The van der Waals surface area contributed by atoms with Gasteiger partial charge in [0.1, 0.15) is 0 Å². The molecule has 0 amide bonds. The lowest BCUT2D eigenvalue weighted by Gasteiger charge is -2.26. The van der Waals surface area contributed by atoms with E-state index in [9.17, 15) is 5.11 Å². The second kappa shape index (κ2) is 3.02. The van der Waals surface area contributed by atoms with Crippen LogP contribution in [-0.2, 0) is 0 Å². The van der Waals surface area contributed by atoms with Gasteiger partial charge in [-0.2, -0.15) is 0 Å². The first kappa shape index (κ1) is 8.70. The van der Waals surface area contributed by atoms with E-state index in [2.05, 4.69) is 6.58 Å². The molecule has 1 heteroatoms. The lowest BCUT2D eigenvalue weighted by molar-refractivity contribution is 0.0210. The second-order valence-corrected chi connectivity index (χ2v) is 2.74. The highest BCUT2D eigenvalue weighted by Gasteiger charge is 2.22. The van der Waals surface area contributed by atoms with Gasteiger partial charge in [-0.15, -0.1) is 6.58 Å². The van der Waals surface area contributed by atoms with Crippen molar-refractivity contribution in [1.82, 2.24) is 0 Å². The van der Waals surface area contributed by atoms with Crippen LogP contribution in [0.3, 0.4) is 0 Å². The molecule has 0 aliphatic rings. The van der Waals surface area contributed by atoms with Crippen molar-refractivity contribution in [1.29, 1.82) is 0 Å². The van der Waals surface area contributed by atoms with Crippen LogP contribution < -0.4 is 0 Å². The van der Waals surface area contributed by atoms with Gasteiger partial charge in [-0.05, 0) is 13.3 Å². The van der Waals surface area contributed by atoms with Gasteiger partial charge in [0.15, 0.2) is 0 Å². The molecule has 0 saturated carbocycles. The number of rotatable bonds is 3. The van der Waals surface area contributed by atoms with Gasteiger partial charge in [0.2, 0.25) is 0 Å². The molecule has 0 fully saturated rings. The Labute approximate surface area is 57.4 Å². The number of hydrogen-bond donors (Lipinski definition) is 1. The molecule has 1 nitrogen and oxygen atoms in total. The molecule has 0 radical (unpaired) electrons. The molecule has 9 heavy (non-hydrogen) atoms. The fourth-order valence-corrected chi connectivity index (χ4v) is 0.576. The van der Waals surface area contributed by atoms with Gasteiger partial charge >= 0.3 is 0 Å². The topological polar surface area (TPSA) is 20.2 Å². The molecule has 0 rings (SSSR count). The van der Waals surface area contributed by atoms with Crippen molar-refractivity contribution >= 4 is 0 Å². The molecule has 0 aromatic rings. The Hall–Kier alpha value is -0.300. The van der Waals surface area contributed by atoms with E-state index in [4.69, 9.17) is 0 Å². The van der Waals surface area contributed by atoms with Crippen LogP contribution in [0.2, 0.25) is 0 Å². The highest BCUT2D eigenvalue weighted by molar-refractivity contribution is 4.88. The Morgan fingerprint density at radius 1 is 1.78 bits per heavy atom. The van der Waals surface area contributed by atoms with Crippen LogP contribution in [0.5, 0.6) is 0 Å². The van der Waals surface area contributed by atoms with Crippen molar-refractivity contribution in [3.63, 3.8) is 0 Å². The van der Waals surface area contributed by atoms with E-state index >= 15 is 0 Å². The number of hydrogen-bond acceptors (Lipinski definition) is 1. The standard InChI is InChI=1S/C8H16O/c1-5-7(3)8(4,9)6-2/h5,7,9H,1,6H2,2-4H3/t7-,8+/m1/s1. The van der Waals surface area contributed by atoms with Crippen molar-refractivity contribution < 1.29 is 5.11 Å². The minimum atomic E-state index is -0.568. The summed E-state index contributed by atoms with van der Waals surface area (Å²) in [5, 5.41) is 9.52. The van der Waals surface area contributed by atoms with E-state index in [1.165, 1.54) is 0 Å². The molecular weight excluding hydrogens is 112 g/mol. The van der Waals surface area contributed by atoms with E-state index in [0.717, 1.165) is 6.42 Å². The Bertz CT molecular complexity index is 94.7. The van der Waals surface area contributed by atoms with Gasteiger partial charge in [0.05, 0.1) is 5.60 Å². The molecule has 0 unspecified atom stereocenters. The number of aliphatic hydroxyl groups is 1. The molecule has 1 N–H and O–H groups in total. The van der Waals surface area contributed by atoms with E-state index in [1.807, 2.05) is 20.8 Å². The van der Waals surface area contributed by atoms with Crippen molar-refractivity contribution in [3.8, 4) is 0 Å². The van der Waals surface area contributed by atoms with Crippen LogP contribution in [0.25, 0.3) is 0 Å². The van der Waals surface area contributed by atoms with Gasteiger partial charge in [-0.1, -0.05) is 19.9 Å². The molecule has 0 bridgehead atoms. The van der Waals surface area contributed by atoms with Crippen LogP contribution >= 0.6 is 0 Å². The maximum absolute atomic E-state index is 9.52. The summed E-state index contributed by atoms with van der Waals surface area (Å²) in [7, 11) is 0. The first-order chi connectivity index (χ1) is 4.04. The van der Waals surface area contributed by atoms with Crippen LogP contribution in [0.1, 0.15) is 27.2 Å². The van der Waals surface area contributed by atoms with E-state index in [-0.39, 0.29) is 5.92 Å². The molecule has 0 saturated heterocycles. The Morgan fingerprint density at radius 3 is 2.33 bits per heavy atom. The monoisotopic (exact) mass is 128 g/mol. The summed E-state index contributed by atoms with van der Waals surface area (Å²) in [4.78, 5) is 0. The summed E-state index contributed by atoms with van der Waals surface area (Å²) in [5.74, 6) is 0.183. The smallest absolute Gasteiger partial charge is 0.0676 e. The molecular formula is C8H16O. The fraction of sp³-hybridized carbons (Fsp3) is 0.750. The van der Waals surface area contributed by atoms with Crippen LogP contribution in [0, 0.1) is 5.92 Å². The summed E-state index contributed by atoms with van der Waals surface area (Å²) in [6.45, 7) is 9.39. The Balaban J connectivity index is 3.95.